The van der Waals surface area contributed by atoms with Crippen LogP contribution in [0, 0.1) is 11.6 Å². The molecule has 3 nitrogen and oxygen atoms in total. The molecule has 0 fully saturated rings. The van der Waals surface area contributed by atoms with Crippen LogP contribution in [0.1, 0.15) is 17.5 Å². The molecule has 0 spiro atoms. The third kappa shape index (κ3) is 4.97. The van der Waals surface area contributed by atoms with E-state index in [1.807, 2.05) is 12.1 Å². The summed E-state index contributed by atoms with van der Waals surface area (Å²) in [6.45, 7) is 2.46. The van der Waals surface area contributed by atoms with Crippen molar-refractivity contribution in [1.82, 2.24) is 10.2 Å². The van der Waals surface area contributed by atoms with Crippen molar-refractivity contribution in [2.45, 2.75) is 19.5 Å². The van der Waals surface area contributed by atoms with Crippen LogP contribution in [0.25, 0.3) is 0 Å². The molecule has 5 heteroatoms. The minimum Gasteiger partial charge on any atom is -0.348 e. The van der Waals surface area contributed by atoms with E-state index in [2.05, 4.69) is 10.2 Å². The summed E-state index contributed by atoms with van der Waals surface area (Å²) in [6.07, 6.45) is 2.58. The molecule has 1 amide bonds. The topological polar surface area (TPSA) is 32.3 Å². The number of carbonyl (C=O) groups is 1. The zero-order chi connectivity index (χ0) is 17.6. The van der Waals surface area contributed by atoms with Gasteiger partial charge in [0.1, 0.15) is 11.6 Å². The highest BCUT2D eigenvalue weighted by Gasteiger charge is 2.17. The minimum absolute atomic E-state index is 0.0882. The van der Waals surface area contributed by atoms with Crippen LogP contribution in [0.15, 0.2) is 60.2 Å². The van der Waals surface area contributed by atoms with Gasteiger partial charge in [0.25, 0.3) is 0 Å². The Kier molecular flexibility index (Phi) is 5.56. The number of nitrogens with one attached hydrogen (secondary N) is 1. The molecule has 0 saturated carbocycles. The Morgan fingerprint density at radius 3 is 2.52 bits per heavy atom. The molecule has 1 N–H and O–H groups in total. The van der Waals surface area contributed by atoms with Crippen molar-refractivity contribution in [2.75, 3.05) is 13.1 Å². The molecule has 0 aromatic heterocycles. The largest absolute Gasteiger partial charge is 0.348 e. The maximum Gasteiger partial charge on any atom is 0.247 e. The third-order valence-electron chi connectivity index (χ3n) is 4.25. The van der Waals surface area contributed by atoms with Crippen molar-refractivity contribution in [3.8, 4) is 0 Å². The summed E-state index contributed by atoms with van der Waals surface area (Å²) in [5, 5.41) is 2.86. The molecular formula is C20H20F2N2O. The number of nitrogens with zero attached hydrogens (tertiary/aromatic N) is 1. The summed E-state index contributed by atoms with van der Waals surface area (Å²) in [5.74, 6) is -0.607. The van der Waals surface area contributed by atoms with Gasteiger partial charge < -0.3 is 5.32 Å². The predicted octanol–water partition coefficient (Wildman–Crippen LogP) is 3.41. The average molecular weight is 342 g/mol. The molecule has 1 heterocycles. The number of amides is 1. The van der Waals surface area contributed by atoms with Crippen LogP contribution in [-0.2, 0) is 17.9 Å². The number of benzene rings is 2. The molecular weight excluding hydrogens is 322 g/mol. The summed E-state index contributed by atoms with van der Waals surface area (Å²) in [7, 11) is 0. The van der Waals surface area contributed by atoms with Crippen molar-refractivity contribution in [3.63, 3.8) is 0 Å². The number of hydrogen-bond donors (Lipinski definition) is 1. The van der Waals surface area contributed by atoms with Gasteiger partial charge in [-0.1, -0.05) is 30.3 Å². The molecule has 0 saturated heterocycles. The molecule has 25 heavy (non-hydrogen) atoms. The number of halogens is 2. The fourth-order valence-corrected chi connectivity index (χ4v) is 2.85. The summed E-state index contributed by atoms with van der Waals surface area (Å²) < 4.78 is 26.1. The fraction of sp³-hybridized carbons (Fsp3) is 0.250. The molecule has 2 aromatic carbocycles. The van der Waals surface area contributed by atoms with E-state index in [0.29, 0.717) is 26.1 Å². The molecule has 3 rings (SSSR count). The Labute approximate surface area is 146 Å². The van der Waals surface area contributed by atoms with Crippen molar-refractivity contribution >= 4 is 5.91 Å². The van der Waals surface area contributed by atoms with Crippen LogP contribution in [0.5, 0.6) is 0 Å². The standard InChI is InChI=1S/C20H20F2N2O/c21-18-6-4-15(5-7-18)13-23-20(25)17-8-10-24(11-9-17)14-16-2-1-3-19(22)12-16/h1-8,12H,9-11,13-14H2,(H,23,25). The van der Waals surface area contributed by atoms with Crippen LogP contribution in [-0.4, -0.2) is 23.9 Å². The van der Waals surface area contributed by atoms with E-state index in [0.717, 1.165) is 23.2 Å². The van der Waals surface area contributed by atoms with Crippen LogP contribution in [0.4, 0.5) is 8.78 Å². The van der Waals surface area contributed by atoms with E-state index in [4.69, 9.17) is 0 Å². The first kappa shape index (κ1) is 17.3. The van der Waals surface area contributed by atoms with E-state index in [-0.39, 0.29) is 17.5 Å². The second-order valence-corrected chi connectivity index (χ2v) is 6.15. The van der Waals surface area contributed by atoms with Gasteiger partial charge in [-0.2, -0.15) is 0 Å². The third-order valence-corrected chi connectivity index (χ3v) is 4.25. The maximum atomic E-state index is 13.2. The summed E-state index contributed by atoms with van der Waals surface area (Å²) in [5.41, 5.74) is 2.55. The van der Waals surface area contributed by atoms with Gasteiger partial charge in [0.15, 0.2) is 0 Å². The van der Waals surface area contributed by atoms with Crippen molar-refractivity contribution in [1.29, 1.82) is 0 Å². The maximum absolute atomic E-state index is 13.2. The average Bonchev–Trinajstić information content (AvgIpc) is 2.62. The van der Waals surface area contributed by atoms with Gasteiger partial charge in [-0.25, -0.2) is 8.78 Å². The van der Waals surface area contributed by atoms with E-state index >= 15 is 0 Å². The van der Waals surface area contributed by atoms with Gasteiger partial charge in [0, 0.05) is 31.8 Å². The summed E-state index contributed by atoms with van der Waals surface area (Å²) >= 11 is 0. The van der Waals surface area contributed by atoms with Gasteiger partial charge in [-0.3, -0.25) is 9.69 Å². The highest BCUT2D eigenvalue weighted by Crippen LogP contribution is 2.15. The van der Waals surface area contributed by atoms with Crippen LogP contribution < -0.4 is 5.32 Å². The zero-order valence-corrected chi connectivity index (χ0v) is 13.8. The first-order valence-electron chi connectivity index (χ1n) is 8.28. The highest BCUT2D eigenvalue weighted by molar-refractivity contribution is 5.93. The molecule has 1 aliphatic rings. The lowest BCUT2D eigenvalue weighted by atomic mass is 10.1. The van der Waals surface area contributed by atoms with Crippen LogP contribution in [0.3, 0.4) is 0 Å². The lowest BCUT2D eigenvalue weighted by Crippen LogP contribution is -2.33. The Morgan fingerprint density at radius 2 is 1.84 bits per heavy atom. The summed E-state index contributed by atoms with van der Waals surface area (Å²) in [4.78, 5) is 14.4. The van der Waals surface area contributed by atoms with Crippen molar-refractivity contribution in [2.24, 2.45) is 0 Å². The molecule has 0 bridgehead atoms. The molecule has 0 unspecified atom stereocenters. The van der Waals surface area contributed by atoms with Gasteiger partial charge in [0.2, 0.25) is 5.91 Å². The molecule has 1 aliphatic heterocycles. The molecule has 0 radical (unpaired) electrons. The highest BCUT2D eigenvalue weighted by atomic mass is 19.1. The normalized spacial score (nSPS) is 14.9. The molecule has 0 aliphatic carbocycles. The van der Waals surface area contributed by atoms with Crippen molar-refractivity contribution < 1.29 is 13.6 Å². The first-order valence-corrected chi connectivity index (χ1v) is 8.28. The van der Waals surface area contributed by atoms with E-state index in [1.165, 1.54) is 24.3 Å². The van der Waals surface area contributed by atoms with Crippen LogP contribution >= 0.6 is 0 Å². The van der Waals surface area contributed by atoms with E-state index < -0.39 is 0 Å². The fourth-order valence-electron chi connectivity index (χ4n) is 2.85. The second-order valence-electron chi connectivity index (χ2n) is 6.15. The van der Waals surface area contributed by atoms with Gasteiger partial charge in [0.05, 0.1) is 0 Å². The monoisotopic (exact) mass is 342 g/mol. The van der Waals surface area contributed by atoms with Gasteiger partial charge >= 0.3 is 0 Å². The van der Waals surface area contributed by atoms with Gasteiger partial charge in [-0.05, 0) is 41.8 Å². The van der Waals surface area contributed by atoms with Crippen LogP contribution in [0.2, 0.25) is 0 Å². The predicted molar refractivity (Wildman–Crippen MR) is 92.6 cm³/mol. The Balaban J connectivity index is 1.50. The Morgan fingerprint density at radius 1 is 1.04 bits per heavy atom. The zero-order valence-electron chi connectivity index (χ0n) is 13.8. The SMILES string of the molecule is O=C(NCc1ccc(F)cc1)C1=CCN(Cc2cccc(F)c2)CC1. The molecule has 130 valence electrons. The number of carbonyl (C=O) groups excluding carboxylic acids is 1. The quantitative estimate of drug-likeness (QED) is 0.903. The number of rotatable bonds is 5. The second kappa shape index (κ2) is 8.03. The lowest BCUT2D eigenvalue weighted by Gasteiger charge is -2.26. The Bertz CT molecular complexity index is 772. The Hall–Kier alpha value is -2.53. The van der Waals surface area contributed by atoms with E-state index in [9.17, 15) is 13.6 Å². The van der Waals surface area contributed by atoms with Gasteiger partial charge in [-0.15, -0.1) is 0 Å². The molecule has 2 aromatic rings. The number of hydrogen-bond acceptors (Lipinski definition) is 2. The minimum atomic E-state index is -0.288. The molecule has 0 atom stereocenters. The van der Waals surface area contributed by atoms with E-state index in [1.54, 1.807) is 18.2 Å². The van der Waals surface area contributed by atoms with Crippen molar-refractivity contribution in [3.05, 3.63) is 82.9 Å². The lowest BCUT2D eigenvalue weighted by molar-refractivity contribution is -0.117. The first-order chi connectivity index (χ1) is 12.1. The smallest absolute Gasteiger partial charge is 0.247 e. The summed E-state index contributed by atoms with van der Waals surface area (Å²) in [6, 6.07) is 12.7.